The third kappa shape index (κ3) is 3.38. The van der Waals surface area contributed by atoms with E-state index in [4.69, 9.17) is 5.73 Å². The van der Waals surface area contributed by atoms with Crippen LogP contribution in [0.3, 0.4) is 0 Å². The summed E-state index contributed by atoms with van der Waals surface area (Å²) < 4.78 is 14.6. The summed E-state index contributed by atoms with van der Waals surface area (Å²) in [5.41, 5.74) is 5.87. The Labute approximate surface area is 144 Å². The molecule has 0 bridgehead atoms. The monoisotopic (exact) mass is 345 g/mol. The summed E-state index contributed by atoms with van der Waals surface area (Å²) in [4.78, 5) is 24.4. The lowest BCUT2D eigenvalue weighted by Gasteiger charge is -2.34. The molecule has 1 saturated carbocycles. The number of nitrogens with one attached hydrogen (secondary N) is 1. The quantitative estimate of drug-likeness (QED) is 0.879. The summed E-state index contributed by atoms with van der Waals surface area (Å²) in [5, 5.41) is 10.5. The maximum absolute atomic E-state index is 13.2. The molecule has 1 aromatic heterocycles. The number of amides is 2. The number of benzene rings is 1. The number of nitrogens with zero attached hydrogens (tertiary/aromatic N) is 3. The molecule has 0 aliphatic heterocycles. The average Bonchev–Trinajstić information content (AvgIpc) is 3.05. The number of aryl methyl sites for hydroxylation is 1. The fourth-order valence-electron chi connectivity index (χ4n) is 3.23. The van der Waals surface area contributed by atoms with E-state index < -0.39 is 17.4 Å². The number of hydrogen-bond donors (Lipinski definition) is 2. The van der Waals surface area contributed by atoms with Gasteiger partial charge in [0.15, 0.2) is 5.69 Å². The predicted molar refractivity (Wildman–Crippen MR) is 88.5 cm³/mol. The molecule has 1 aliphatic carbocycles. The lowest BCUT2D eigenvalue weighted by atomic mass is 9.81. The normalized spacial score (nSPS) is 16.4. The Kier molecular flexibility index (Phi) is 4.52. The van der Waals surface area contributed by atoms with E-state index in [1.165, 1.54) is 23.0 Å². The van der Waals surface area contributed by atoms with E-state index in [1.807, 2.05) is 0 Å². The maximum Gasteiger partial charge on any atom is 0.274 e. The van der Waals surface area contributed by atoms with Crippen molar-refractivity contribution in [2.45, 2.75) is 44.6 Å². The zero-order valence-corrected chi connectivity index (χ0v) is 14.0. The molecule has 3 rings (SSSR count). The van der Waals surface area contributed by atoms with Crippen molar-refractivity contribution in [1.29, 1.82) is 0 Å². The van der Waals surface area contributed by atoms with Crippen molar-refractivity contribution in [3.63, 3.8) is 0 Å². The highest BCUT2D eigenvalue weighted by Gasteiger charge is 2.39. The van der Waals surface area contributed by atoms with Crippen LogP contribution in [0.1, 0.15) is 48.2 Å². The minimum absolute atomic E-state index is 0.0786. The second-order valence-corrected chi connectivity index (χ2v) is 6.44. The van der Waals surface area contributed by atoms with Crippen LogP contribution in [0.5, 0.6) is 0 Å². The Balaban J connectivity index is 1.81. The van der Waals surface area contributed by atoms with E-state index >= 15 is 0 Å². The molecular weight excluding hydrogens is 325 g/mol. The first-order valence-corrected chi connectivity index (χ1v) is 8.23. The van der Waals surface area contributed by atoms with Gasteiger partial charge < -0.3 is 11.1 Å². The minimum Gasteiger partial charge on any atom is -0.368 e. The van der Waals surface area contributed by atoms with Gasteiger partial charge in [0.1, 0.15) is 11.4 Å². The van der Waals surface area contributed by atoms with Gasteiger partial charge in [-0.2, -0.15) is 0 Å². The molecule has 2 aromatic rings. The highest BCUT2D eigenvalue weighted by molar-refractivity contribution is 5.97. The zero-order chi connectivity index (χ0) is 18.0. The second-order valence-electron chi connectivity index (χ2n) is 6.44. The summed E-state index contributed by atoms with van der Waals surface area (Å²) in [6.07, 6.45) is 5.20. The number of primary amides is 1. The van der Waals surface area contributed by atoms with Gasteiger partial charge in [0.2, 0.25) is 5.91 Å². The van der Waals surface area contributed by atoms with Crippen LogP contribution in [0.25, 0.3) is 5.69 Å². The van der Waals surface area contributed by atoms with Gasteiger partial charge in [-0.25, -0.2) is 9.07 Å². The lowest BCUT2D eigenvalue weighted by Crippen LogP contribution is -2.58. The van der Waals surface area contributed by atoms with Crippen LogP contribution in [0.4, 0.5) is 4.39 Å². The fourth-order valence-corrected chi connectivity index (χ4v) is 3.23. The maximum atomic E-state index is 13.2. The number of rotatable bonds is 4. The van der Waals surface area contributed by atoms with Gasteiger partial charge in [0.25, 0.3) is 5.91 Å². The Morgan fingerprint density at radius 1 is 1.28 bits per heavy atom. The van der Waals surface area contributed by atoms with Crippen molar-refractivity contribution in [3.8, 4) is 5.69 Å². The molecule has 1 heterocycles. The van der Waals surface area contributed by atoms with Crippen LogP contribution in [0.2, 0.25) is 0 Å². The first kappa shape index (κ1) is 17.1. The summed E-state index contributed by atoms with van der Waals surface area (Å²) in [7, 11) is 0. The van der Waals surface area contributed by atoms with E-state index in [9.17, 15) is 14.0 Å². The van der Waals surface area contributed by atoms with Crippen molar-refractivity contribution in [1.82, 2.24) is 20.3 Å². The summed E-state index contributed by atoms with van der Waals surface area (Å²) >= 11 is 0. The molecule has 1 fully saturated rings. The topological polar surface area (TPSA) is 103 Å². The molecule has 0 saturated heterocycles. The third-order valence-electron chi connectivity index (χ3n) is 4.66. The number of carbonyl (C=O) groups is 2. The van der Waals surface area contributed by atoms with Gasteiger partial charge in [-0.1, -0.05) is 24.5 Å². The molecule has 2 amide bonds. The van der Waals surface area contributed by atoms with Gasteiger partial charge in [-0.3, -0.25) is 9.59 Å². The van der Waals surface area contributed by atoms with E-state index in [1.54, 1.807) is 13.0 Å². The van der Waals surface area contributed by atoms with Gasteiger partial charge in [0, 0.05) is 0 Å². The van der Waals surface area contributed by atoms with Gasteiger partial charge in [0.05, 0.1) is 11.9 Å². The average molecular weight is 345 g/mol. The third-order valence-corrected chi connectivity index (χ3v) is 4.66. The molecule has 1 aromatic carbocycles. The number of carbonyl (C=O) groups excluding carboxylic acids is 2. The van der Waals surface area contributed by atoms with Crippen molar-refractivity contribution in [2.24, 2.45) is 5.73 Å². The second kappa shape index (κ2) is 6.62. The molecule has 25 heavy (non-hydrogen) atoms. The van der Waals surface area contributed by atoms with Crippen LogP contribution in [-0.4, -0.2) is 32.3 Å². The van der Waals surface area contributed by atoms with Gasteiger partial charge in [-0.15, -0.1) is 5.10 Å². The molecule has 7 nitrogen and oxygen atoms in total. The molecule has 8 heteroatoms. The molecule has 1 aliphatic rings. The number of aromatic nitrogens is 3. The first-order valence-electron chi connectivity index (χ1n) is 8.23. The molecular formula is C17H20FN5O2. The molecule has 0 radical (unpaired) electrons. The minimum atomic E-state index is -1.02. The zero-order valence-electron chi connectivity index (χ0n) is 14.0. The molecule has 0 atom stereocenters. The Morgan fingerprint density at radius 3 is 2.64 bits per heavy atom. The summed E-state index contributed by atoms with van der Waals surface area (Å²) in [6, 6.07) is 4.25. The number of hydrogen-bond acceptors (Lipinski definition) is 4. The van der Waals surface area contributed by atoms with Crippen LogP contribution < -0.4 is 11.1 Å². The Hall–Kier alpha value is -2.77. The number of halogens is 1. The molecule has 0 spiro atoms. The SMILES string of the molecule is Cc1cc(F)ccc1-n1cc(C(=O)NC2(C(N)=O)CCCCC2)nn1. The largest absolute Gasteiger partial charge is 0.368 e. The van der Waals surface area contributed by atoms with E-state index in [-0.39, 0.29) is 11.5 Å². The molecule has 0 unspecified atom stereocenters. The van der Waals surface area contributed by atoms with Crippen LogP contribution in [0, 0.1) is 12.7 Å². The first-order chi connectivity index (χ1) is 11.9. The van der Waals surface area contributed by atoms with Crippen molar-refractivity contribution in [2.75, 3.05) is 0 Å². The fraction of sp³-hybridized carbons (Fsp3) is 0.412. The van der Waals surface area contributed by atoms with Crippen LogP contribution in [0.15, 0.2) is 24.4 Å². The number of nitrogens with two attached hydrogens (primary N) is 1. The van der Waals surface area contributed by atoms with E-state index in [0.717, 1.165) is 19.3 Å². The lowest BCUT2D eigenvalue weighted by molar-refractivity contribution is -0.125. The van der Waals surface area contributed by atoms with E-state index in [0.29, 0.717) is 24.1 Å². The highest BCUT2D eigenvalue weighted by Crippen LogP contribution is 2.28. The Bertz CT molecular complexity index is 811. The van der Waals surface area contributed by atoms with Crippen LogP contribution in [-0.2, 0) is 4.79 Å². The summed E-state index contributed by atoms with van der Waals surface area (Å²) in [6.45, 7) is 1.74. The van der Waals surface area contributed by atoms with Crippen LogP contribution >= 0.6 is 0 Å². The van der Waals surface area contributed by atoms with Gasteiger partial charge in [-0.05, 0) is 43.5 Å². The summed E-state index contributed by atoms with van der Waals surface area (Å²) in [5.74, 6) is -1.37. The van der Waals surface area contributed by atoms with Gasteiger partial charge >= 0.3 is 0 Å². The smallest absolute Gasteiger partial charge is 0.274 e. The molecule has 132 valence electrons. The van der Waals surface area contributed by atoms with Crippen molar-refractivity contribution in [3.05, 3.63) is 41.5 Å². The molecule has 3 N–H and O–H groups in total. The standard InChI is InChI=1S/C17H20FN5O2/c1-11-9-12(18)5-6-14(11)23-10-13(21-22-23)15(24)20-17(16(19)25)7-3-2-4-8-17/h5-6,9-10H,2-4,7-8H2,1H3,(H2,19,25)(H,20,24). The Morgan fingerprint density at radius 2 is 2.00 bits per heavy atom. The predicted octanol–water partition coefficient (Wildman–Crippen LogP) is 1.63. The van der Waals surface area contributed by atoms with Crippen molar-refractivity contribution < 1.29 is 14.0 Å². The van der Waals surface area contributed by atoms with E-state index in [2.05, 4.69) is 15.6 Å². The highest BCUT2D eigenvalue weighted by atomic mass is 19.1. The van der Waals surface area contributed by atoms with Crippen molar-refractivity contribution >= 4 is 11.8 Å².